The number of rotatable bonds is 4. The first-order valence-electron chi connectivity index (χ1n) is 8.35. The van der Waals surface area contributed by atoms with E-state index in [2.05, 4.69) is 9.88 Å². The number of methoxy groups -OCH3 is 1. The van der Waals surface area contributed by atoms with E-state index in [0.717, 1.165) is 49.5 Å². The Morgan fingerprint density at radius 2 is 1.83 bits per heavy atom. The molecule has 0 radical (unpaired) electrons. The molecule has 1 aromatic carbocycles. The van der Waals surface area contributed by atoms with E-state index in [0.29, 0.717) is 19.1 Å². The van der Waals surface area contributed by atoms with Crippen LogP contribution in [0.25, 0.3) is 11.5 Å². The predicted octanol–water partition coefficient (Wildman–Crippen LogP) is 2.69. The predicted molar refractivity (Wildman–Crippen MR) is 87.6 cm³/mol. The van der Waals surface area contributed by atoms with Gasteiger partial charge in [-0.2, -0.15) is 0 Å². The molecule has 4 rings (SSSR count). The second-order valence-corrected chi connectivity index (χ2v) is 6.26. The molecule has 2 aromatic rings. The molecule has 3 heterocycles. The molecule has 6 nitrogen and oxygen atoms in total. The van der Waals surface area contributed by atoms with Crippen LogP contribution in [0.4, 0.5) is 0 Å². The molecule has 0 amide bonds. The van der Waals surface area contributed by atoms with E-state index in [1.807, 2.05) is 24.3 Å². The fourth-order valence-corrected chi connectivity index (χ4v) is 3.31. The number of hydrogen-bond acceptors (Lipinski definition) is 6. The highest BCUT2D eigenvalue weighted by Crippen LogP contribution is 2.32. The lowest BCUT2D eigenvalue weighted by atomic mass is 10.0. The molecule has 0 unspecified atom stereocenters. The fourth-order valence-electron chi connectivity index (χ4n) is 3.31. The summed E-state index contributed by atoms with van der Waals surface area (Å²) in [5.41, 5.74) is 1.90. The maximum absolute atomic E-state index is 5.77. The molecule has 6 heteroatoms. The highest BCUT2D eigenvalue weighted by Gasteiger charge is 2.39. The summed E-state index contributed by atoms with van der Waals surface area (Å²) in [5, 5.41) is 0. The minimum Gasteiger partial charge on any atom is -0.497 e. The van der Waals surface area contributed by atoms with Crippen LogP contribution in [0.5, 0.6) is 5.75 Å². The van der Waals surface area contributed by atoms with E-state index in [-0.39, 0.29) is 5.79 Å². The van der Waals surface area contributed by atoms with Crippen LogP contribution in [0, 0.1) is 0 Å². The molecule has 1 spiro atoms. The Morgan fingerprint density at radius 1 is 1.12 bits per heavy atom. The van der Waals surface area contributed by atoms with E-state index < -0.39 is 0 Å². The van der Waals surface area contributed by atoms with E-state index in [1.54, 1.807) is 13.4 Å². The largest absolute Gasteiger partial charge is 0.497 e. The Bertz CT molecular complexity index is 667. The van der Waals surface area contributed by atoms with Crippen LogP contribution in [0.1, 0.15) is 18.5 Å². The van der Waals surface area contributed by atoms with Crippen molar-refractivity contribution in [2.75, 3.05) is 33.4 Å². The van der Waals surface area contributed by atoms with E-state index in [4.69, 9.17) is 18.6 Å². The maximum Gasteiger partial charge on any atom is 0.226 e. The summed E-state index contributed by atoms with van der Waals surface area (Å²) in [4.78, 5) is 6.97. The third-order valence-corrected chi connectivity index (χ3v) is 4.71. The van der Waals surface area contributed by atoms with E-state index in [9.17, 15) is 0 Å². The summed E-state index contributed by atoms with van der Waals surface area (Å²) in [7, 11) is 1.66. The van der Waals surface area contributed by atoms with Crippen molar-refractivity contribution >= 4 is 0 Å². The topological polar surface area (TPSA) is 57.0 Å². The average Bonchev–Trinajstić information content (AvgIpc) is 3.27. The molecule has 128 valence electrons. The Labute approximate surface area is 141 Å². The lowest BCUT2D eigenvalue weighted by molar-refractivity contribution is -0.185. The minimum atomic E-state index is -0.325. The summed E-state index contributed by atoms with van der Waals surface area (Å²) < 4.78 is 22.3. The van der Waals surface area contributed by atoms with Gasteiger partial charge in [-0.25, -0.2) is 4.98 Å². The number of aromatic nitrogens is 1. The molecule has 0 N–H and O–H groups in total. The smallest absolute Gasteiger partial charge is 0.226 e. The summed E-state index contributed by atoms with van der Waals surface area (Å²) in [5.74, 6) is 1.14. The lowest BCUT2D eigenvalue weighted by Crippen LogP contribution is -2.44. The first kappa shape index (κ1) is 15.6. The number of oxazole rings is 1. The molecule has 0 atom stereocenters. The van der Waals surface area contributed by atoms with Crippen molar-refractivity contribution in [3.05, 3.63) is 36.2 Å². The number of benzene rings is 1. The van der Waals surface area contributed by atoms with E-state index >= 15 is 0 Å². The first-order valence-corrected chi connectivity index (χ1v) is 8.35. The third kappa shape index (κ3) is 3.17. The summed E-state index contributed by atoms with van der Waals surface area (Å²) in [6.45, 7) is 4.12. The normalized spacial score (nSPS) is 20.5. The Balaban J connectivity index is 1.37. The van der Waals surface area contributed by atoms with Crippen molar-refractivity contribution < 1.29 is 18.6 Å². The Hall–Kier alpha value is -1.89. The Kier molecular flexibility index (Phi) is 4.26. The first-order chi connectivity index (χ1) is 11.8. The number of piperidine rings is 1. The van der Waals surface area contributed by atoms with Gasteiger partial charge in [-0.15, -0.1) is 0 Å². The molecular weight excluding hydrogens is 308 g/mol. The zero-order valence-corrected chi connectivity index (χ0v) is 13.9. The van der Waals surface area contributed by atoms with Crippen LogP contribution in [-0.2, 0) is 16.0 Å². The minimum absolute atomic E-state index is 0.325. The van der Waals surface area contributed by atoms with Gasteiger partial charge in [-0.05, 0) is 24.3 Å². The number of hydrogen-bond donors (Lipinski definition) is 0. The van der Waals surface area contributed by atoms with Crippen LogP contribution < -0.4 is 4.74 Å². The molecule has 2 fully saturated rings. The molecular formula is C18H22N2O4. The van der Waals surface area contributed by atoms with Crippen LogP contribution in [0.2, 0.25) is 0 Å². The lowest BCUT2D eigenvalue weighted by Gasteiger charge is -2.37. The standard InChI is InChI=1S/C18H22N2O4/c1-21-16-4-2-14(3-5-16)17-19-15(13-22-17)12-20-8-6-18(7-9-20)23-10-11-24-18/h2-5,13H,6-12H2,1H3. The molecule has 2 saturated heterocycles. The number of likely N-dealkylation sites (tertiary alicyclic amines) is 1. The van der Waals surface area contributed by atoms with Gasteiger partial charge in [0.2, 0.25) is 5.89 Å². The highest BCUT2D eigenvalue weighted by molar-refractivity contribution is 5.54. The van der Waals surface area contributed by atoms with Crippen molar-refractivity contribution in [3.63, 3.8) is 0 Å². The molecule has 1 aromatic heterocycles. The number of nitrogens with zero attached hydrogens (tertiary/aromatic N) is 2. The summed E-state index contributed by atoms with van der Waals surface area (Å²) >= 11 is 0. The van der Waals surface area contributed by atoms with Crippen LogP contribution >= 0.6 is 0 Å². The van der Waals surface area contributed by atoms with Crippen molar-refractivity contribution in [2.45, 2.75) is 25.2 Å². The Morgan fingerprint density at radius 3 is 2.50 bits per heavy atom. The molecule has 0 saturated carbocycles. The van der Waals surface area contributed by atoms with Gasteiger partial charge >= 0.3 is 0 Å². The molecule has 2 aliphatic heterocycles. The maximum atomic E-state index is 5.77. The fraction of sp³-hybridized carbons (Fsp3) is 0.500. The van der Waals surface area contributed by atoms with Gasteiger partial charge in [0.25, 0.3) is 0 Å². The van der Waals surface area contributed by atoms with Gasteiger partial charge in [0, 0.05) is 38.0 Å². The van der Waals surface area contributed by atoms with Crippen LogP contribution in [-0.4, -0.2) is 49.1 Å². The quantitative estimate of drug-likeness (QED) is 0.859. The number of ether oxygens (including phenoxy) is 3. The summed E-state index contributed by atoms with van der Waals surface area (Å²) in [6.07, 6.45) is 3.57. The van der Waals surface area contributed by atoms with Crippen molar-refractivity contribution in [1.82, 2.24) is 9.88 Å². The molecule has 0 bridgehead atoms. The monoisotopic (exact) mass is 330 g/mol. The van der Waals surface area contributed by atoms with Gasteiger partial charge in [0.05, 0.1) is 26.0 Å². The van der Waals surface area contributed by atoms with Crippen LogP contribution in [0.3, 0.4) is 0 Å². The summed E-state index contributed by atoms with van der Waals surface area (Å²) in [6, 6.07) is 7.72. The van der Waals surface area contributed by atoms with E-state index in [1.165, 1.54) is 0 Å². The SMILES string of the molecule is COc1ccc(-c2nc(CN3CCC4(CC3)OCCO4)co2)cc1. The van der Waals surface area contributed by atoms with Crippen molar-refractivity contribution in [1.29, 1.82) is 0 Å². The zero-order valence-electron chi connectivity index (χ0n) is 13.9. The second kappa shape index (κ2) is 6.55. The molecule has 0 aliphatic carbocycles. The van der Waals surface area contributed by atoms with Gasteiger partial charge in [0.1, 0.15) is 12.0 Å². The highest BCUT2D eigenvalue weighted by atomic mass is 16.7. The van der Waals surface area contributed by atoms with Gasteiger partial charge in [0.15, 0.2) is 5.79 Å². The zero-order chi connectivity index (χ0) is 16.4. The van der Waals surface area contributed by atoms with Gasteiger partial charge in [-0.1, -0.05) is 0 Å². The van der Waals surface area contributed by atoms with Crippen molar-refractivity contribution in [2.24, 2.45) is 0 Å². The average molecular weight is 330 g/mol. The molecule has 24 heavy (non-hydrogen) atoms. The third-order valence-electron chi connectivity index (χ3n) is 4.71. The van der Waals surface area contributed by atoms with Gasteiger partial charge < -0.3 is 18.6 Å². The van der Waals surface area contributed by atoms with Gasteiger partial charge in [-0.3, -0.25) is 4.90 Å². The second-order valence-electron chi connectivity index (χ2n) is 6.26. The van der Waals surface area contributed by atoms with Crippen LogP contribution in [0.15, 0.2) is 34.9 Å². The molecule has 2 aliphatic rings. The van der Waals surface area contributed by atoms with Crippen molar-refractivity contribution in [3.8, 4) is 17.2 Å².